The van der Waals surface area contributed by atoms with Crippen LogP contribution in [0.2, 0.25) is 0 Å². The first-order chi connectivity index (χ1) is 6.89. The van der Waals surface area contributed by atoms with Crippen molar-refractivity contribution in [3.05, 3.63) is 0 Å². The highest BCUT2D eigenvalue weighted by Crippen LogP contribution is 2.36. The van der Waals surface area contributed by atoms with Crippen molar-refractivity contribution in [3.63, 3.8) is 0 Å². The molecule has 0 aromatic rings. The third kappa shape index (κ3) is 1.88. The third-order valence-corrected chi connectivity index (χ3v) is 3.49. The van der Waals surface area contributed by atoms with Crippen LogP contribution in [0, 0.1) is 0 Å². The Morgan fingerprint density at radius 1 is 1.33 bits per heavy atom. The number of rotatable bonds is 1. The van der Waals surface area contributed by atoms with Crippen molar-refractivity contribution < 1.29 is 9.90 Å². The zero-order valence-electron chi connectivity index (χ0n) is 9.44. The number of carbonyl (C=O) groups is 1. The van der Waals surface area contributed by atoms with Gasteiger partial charge in [-0.05, 0) is 39.5 Å². The van der Waals surface area contributed by atoms with Crippen LogP contribution >= 0.6 is 0 Å². The Balaban J connectivity index is 2.15. The van der Waals surface area contributed by atoms with Crippen LogP contribution in [-0.2, 0) is 4.79 Å². The van der Waals surface area contributed by atoms with Crippen LogP contribution in [0.15, 0.2) is 0 Å². The van der Waals surface area contributed by atoms with Gasteiger partial charge in [0.1, 0.15) is 0 Å². The molecule has 2 fully saturated rings. The first kappa shape index (κ1) is 10.9. The summed E-state index contributed by atoms with van der Waals surface area (Å²) in [6.07, 6.45) is 3.25. The van der Waals surface area contributed by atoms with E-state index in [0.717, 1.165) is 25.7 Å². The molecule has 3 N–H and O–H groups in total. The summed E-state index contributed by atoms with van der Waals surface area (Å²) in [7, 11) is 0. The molecule has 86 valence electrons. The average molecular weight is 212 g/mol. The standard InChI is InChI=1S/C11H20N2O2/c1-11(2,12)10(15)13-7-3-4-8(13)6-9(14)5-7/h7-9,14H,3-6,12H2,1-2H3. The Kier molecular flexibility index (Phi) is 2.51. The van der Waals surface area contributed by atoms with Crippen LogP contribution in [0.25, 0.3) is 0 Å². The zero-order chi connectivity index (χ0) is 11.2. The minimum atomic E-state index is -0.789. The largest absolute Gasteiger partial charge is 0.393 e. The molecule has 0 aromatic carbocycles. The van der Waals surface area contributed by atoms with Crippen molar-refractivity contribution in [2.24, 2.45) is 5.73 Å². The molecule has 2 heterocycles. The molecule has 4 nitrogen and oxygen atoms in total. The molecule has 0 radical (unpaired) electrons. The molecule has 2 bridgehead atoms. The Morgan fingerprint density at radius 3 is 2.20 bits per heavy atom. The predicted molar refractivity (Wildman–Crippen MR) is 57.2 cm³/mol. The molecule has 2 aliphatic rings. The van der Waals surface area contributed by atoms with Crippen molar-refractivity contribution >= 4 is 5.91 Å². The Hall–Kier alpha value is -0.610. The van der Waals surface area contributed by atoms with E-state index in [0.29, 0.717) is 0 Å². The van der Waals surface area contributed by atoms with Crippen molar-refractivity contribution in [2.75, 3.05) is 0 Å². The highest BCUT2D eigenvalue weighted by molar-refractivity contribution is 5.86. The Labute approximate surface area is 90.4 Å². The van der Waals surface area contributed by atoms with E-state index in [-0.39, 0.29) is 24.1 Å². The molecule has 2 rings (SSSR count). The normalized spacial score (nSPS) is 35.7. The summed E-state index contributed by atoms with van der Waals surface area (Å²) >= 11 is 0. The van der Waals surface area contributed by atoms with Crippen molar-refractivity contribution in [3.8, 4) is 0 Å². The van der Waals surface area contributed by atoms with E-state index in [2.05, 4.69) is 0 Å². The number of hydrogen-bond donors (Lipinski definition) is 2. The number of nitrogens with two attached hydrogens (primary N) is 1. The Bertz CT molecular complexity index is 258. The Morgan fingerprint density at radius 2 is 1.80 bits per heavy atom. The van der Waals surface area contributed by atoms with Gasteiger partial charge in [0, 0.05) is 12.1 Å². The summed E-state index contributed by atoms with van der Waals surface area (Å²) in [5, 5.41) is 9.62. The second-order valence-electron chi connectivity index (χ2n) is 5.44. The lowest BCUT2D eigenvalue weighted by Crippen LogP contribution is -2.57. The number of amides is 1. The number of carbonyl (C=O) groups excluding carboxylic acids is 1. The molecular weight excluding hydrogens is 192 g/mol. The van der Waals surface area contributed by atoms with Gasteiger partial charge in [-0.2, -0.15) is 0 Å². The number of aliphatic hydroxyl groups is 1. The molecule has 1 amide bonds. The van der Waals surface area contributed by atoms with Gasteiger partial charge in [-0.25, -0.2) is 0 Å². The lowest BCUT2D eigenvalue weighted by atomic mass is 9.96. The van der Waals surface area contributed by atoms with Gasteiger partial charge in [-0.3, -0.25) is 4.79 Å². The summed E-state index contributed by atoms with van der Waals surface area (Å²) < 4.78 is 0. The summed E-state index contributed by atoms with van der Waals surface area (Å²) in [5.41, 5.74) is 5.05. The highest BCUT2D eigenvalue weighted by Gasteiger charge is 2.45. The minimum Gasteiger partial charge on any atom is -0.393 e. The fraction of sp³-hybridized carbons (Fsp3) is 0.909. The molecule has 2 atom stereocenters. The SMILES string of the molecule is CC(C)(N)C(=O)N1C2CCC1CC(O)C2. The van der Waals surface area contributed by atoms with Gasteiger partial charge in [-0.1, -0.05) is 0 Å². The van der Waals surface area contributed by atoms with E-state index in [4.69, 9.17) is 5.73 Å². The fourth-order valence-corrected chi connectivity index (χ4v) is 2.81. The van der Waals surface area contributed by atoms with Gasteiger partial charge < -0.3 is 15.7 Å². The number of piperidine rings is 1. The number of nitrogens with zero attached hydrogens (tertiary/aromatic N) is 1. The molecular formula is C11H20N2O2. The van der Waals surface area contributed by atoms with Crippen LogP contribution in [0.4, 0.5) is 0 Å². The van der Waals surface area contributed by atoms with E-state index in [1.165, 1.54) is 0 Å². The quantitative estimate of drug-likeness (QED) is 0.654. The van der Waals surface area contributed by atoms with Crippen LogP contribution < -0.4 is 5.73 Å². The molecule has 0 saturated carbocycles. The maximum absolute atomic E-state index is 12.1. The zero-order valence-corrected chi connectivity index (χ0v) is 9.44. The van der Waals surface area contributed by atoms with Gasteiger partial charge in [0.05, 0.1) is 11.6 Å². The molecule has 4 heteroatoms. The predicted octanol–water partition coefficient (Wildman–Crippen LogP) is 0.238. The second-order valence-corrected chi connectivity index (χ2v) is 5.44. The molecule has 2 saturated heterocycles. The van der Waals surface area contributed by atoms with E-state index >= 15 is 0 Å². The van der Waals surface area contributed by atoms with Crippen molar-refractivity contribution in [1.82, 2.24) is 4.90 Å². The van der Waals surface area contributed by atoms with Gasteiger partial charge in [-0.15, -0.1) is 0 Å². The summed E-state index contributed by atoms with van der Waals surface area (Å²) in [4.78, 5) is 14.0. The average Bonchev–Trinajstić information content (AvgIpc) is 2.35. The first-order valence-corrected chi connectivity index (χ1v) is 5.69. The monoisotopic (exact) mass is 212 g/mol. The van der Waals surface area contributed by atoms with Crippen LogP contribution in [0.5, 0.6) is 0 Å². The molecule has 2 unspecified atom stereocenters. The van der Waals surface area contributed by atoms with Crippen LogP contribution in [0.1, 0.15) is 39.5 Å². The highest BCUT2D eigenvalue weighted by atomic mass is 16.3. The lowest BCUT2D eigenvalue weighted by Gasteiger charge is -2.40. The minimum absolute atomic E-state index is 0.0295. The number of aliphatic hydroxyl groups excluding tert-OH is 1. The molecule has 0 aliphatic carbocycles. The molecule has 0 aromatic heterocycles. The maximum Gasteiger partial charge on any atom is 0.242 e. The van der Waals surface area contributed by atoms with Crippen LogP contribution in [0.3, 0.4) is 0 Å². The molecule has 15 heavy (non-hydrogen) atoms. The third-order valence-electron chi connectivity index (χ3n) is 3.49. The van der Waals surface area contributed by atoms with E-state index in [9.17, 15) is 9.90 Å². The summed E-state index contributed by atoms with van der Waals surface area (Å²) in [6.45, 7) is 3.50. The second kappa shape index (κ2) is 3.46. The maximum atomic E-state index is 12.1. The first-order valence-electron chi connectivity index (χ1n) is 5.69. The smallest absolute Gasteiger partial charge is 0.242 e. The summed E-state index contributed by atoms with van der Waals surface area (Å²) in [5.74, 6) is 0.0295. The molecule has 0 spiro atoms. The van der Waals surface area contributed by atoms with Gasteiger partial charge in [0.2, 0.25) is 5.91 Å². The topological polar surface area (TPSA) is 66.6 Å². The van der Waals surface area contributed by atoms with Gasteiger partial charge in [0.15, 0.2) is 0 Å². The van der Waals surface area contributed by atoms with Crippen LogP contribution in [-0.4, -0.2) is 39.6 Å². The number of fused-ring (bicyclic) bond motifs is 2. The summed E-state index contributed by atoms with van der Waals surface area (Å²) in [6, 6.07) is 0.433. The van der Waals surface area contributed by atoms with E-state index in [1.807, 2.05) is 4.90 Å². The van der Waals surface area contributed by atoms with Crippen molar-refractivity contribution in [2.45, 2.75) is 63.3 Å². The van der Waals surface area contributed by atoms with E-state index in [1.54, 1.807) is 13.8 Å². The van der Waals surface area contributed by atoms with Gasteiger partial charge in [0.25, 0.3) is 0 Å². The van der Waals surface area contributed by atoms with Crippen molar-refractivity contribution in [1.29, 1.82) is 0 Å². The van der Waals surface area contributed by atoms with Gasteiger partial charge >= 0.3 is 0 Å². The molecule has 2 aliphatic heterocycles. The number of hydrogen-bond acceptors (Lipinski definition) is 3. The fourth-order valence-electron chi connectivity index (χ4n) is 2.81. The van der Waals surface area contributed by atoms with E-state index < -0.39 is 5.54 Å². The lowest BCUT2D eigenvalue weighted by molar-refractivity contribution is -0.142.